The minimum atomic E-state index is -3.49. The number of carbonyl (C=O) groups excluding carboxylic acids is 1. The predicted octanol–water partition coefficient (Wildman–Crippen LogP) is 1.31. The number of nitrogens with zero attached hydrogens (tertiary/aromatic N) is 2. The molecule has 0 radical (unpaired) electrons. The van der Waals surface area contributed by atoms with Crippen molar-refractivity contribution in [1.29, 1.82) is 0 Å². The largest absolute Gasteiger partial charge is 0.325 e. The third-order valence-corrected chi connectivity index (χ3v) is 7.48. The lowest BCUT2D eigenvalue weighted by Crippen LogP contribution is -2.66. The highest BCUT2D eigenvalue weighted by Crippen LogP contribution is 2.45. The van der Waals surface area contributed by atoms with E-state index >= 15 is 0 Å². The molecule has 4 rings (SSSR count). The topological polar surface area (TPSA) is 69.7 Å². The van der Waals surface area contributed by atoms with Gasteiger partial charge < -0.3 is 5.32 Å². The number of rotatable bonds is 3. The van der Waals surface area contributed by atoms with Gasteiger partial charge in [0.25, 0.3) is 10.2 Å². The maximum Gasteiger partial charge on any atom is 0.282 e. The first-order valence-electron chi connectivity index (χ1n) is 8.09. The van der Waals surface area contributed by atoms with Crippen LogP contribution in [-0.4, -0.2) is 49.1 Å². The van der Waals surface area contributed by atoms with E-state index in [1.54, 1.807) is 7.05 Å². The number of amides is 1. The van der Waals surface area contributed by atoms with Gasteiger partial charge in [0.15, 0.2) is 0 Å². The molecule has 0 unspecified atom stereocenters. The molecule has 1 aromatic carbocycles. The first-order chi connectivity index (χ1) is 10.9. The molecule has 124 valence electrons. The van der Waals surface area contributed by atoms with Gasteiger partial charge in [0, 0.05) is 31.9 Å². The molecule has 1 amide bonds. The van der Waals surface area contributed by atoms with Crippen molar-refractivity contribution >= 4 is 21.8 Å². The van der Waals surface area contributed by atoms with Crippen molar-refractivity contribution in [1.82, 2.24) is 8.61 Å². The molecule has 0 atom stereocenters. The minimum absolute atomic E-state index is 0.0892. The molecule has 1 saturated heterocycles. The summed E-state index contributed by atoms with van der Waals surface area (Å²) in [6.45, 7) is 0.463. The predicted molar refractivity (Wildman–Crippen MR) is 87.3 cm³/mol. The van der Waals surface area contributed by atoms with Crippen LogP contribution in [0.1, 0.15) is 31.2 Å². The van der Waals surface area contributed by atoms with E-state index in [0.717, 1.165) is 36.9 Å². The van der Waals surface area contributed by atoms with Crippen LogP contribution >= 0.6 is 0 Å². The van der Waals surface area contributed by atoms with Crippen molar-refractivity contribution in [2.24, 2.45) is 0 Å². The van der Waals surface area contributed by atoms with Crippen LogP contribution in [0.4, 0.5) is 5.69 Å². The van der Waals surface area contributed by atoms with Crippen molar-refractivity contribution < 1.29 is 13.2 Å². The molecular weight excluding hydrogens is 314 g/mol. The quantitative estimate of drug-likeness (QED) is 0.905. The molecule has 0 bridgehead atoms. The number of anilines is 1. The highest BCUT2D eigenvalue weighted by Gasteiger charge is 2.59. The Morgan fingerprint density at radius 2 is 1.87 bits per heavy atom. The monoisotopic (exact) mass is 335 g/mol. The smallest absolute Gasteiger partial charge is 0.282 e. The van der Waals surface area contributed by atoms with Crippen LogP contribution < -0.4 is 5.32 Å². The Hall–Kier alpha value is -1.44. The fourth-order valence-corrected chi connectivity index (χ4v) is 5.76. The molecule has 1 N–H and O–H groups in total. The van der Waals surface area contributed by atoms with Crippen molar-refractivity contribution in [2.45, 2.75) is 37.1 Å². The highest BCUT2D eigenvalue weighted by atomic mass is 32.2. The highest BCUT2D eigenvalue weighted by molar-refractivity contribution is 7.86. The van der Waals surface area contributed by atoms with Crippen LogP contribution in [0.15, 0.2) is 24.3 Å². The fraction of sp³-hybridized carbons (Fsp3) is 0.562. The number of para-hydroxylation sites is 1. The summed E-state index contributed by atoms with van der Waals surface area (Å²) in [5.74, 6) is -0.0892. The van der Waals surface area contributed by atoms with Gasteiger partial charge in [-0.25, -0.2) is 0 Å². The summed E-state index contributed by atoms with van der Waals surface area (Å²) in [6, 6.07) is 7.64. The number of hydrogen-bond acceptors (Lipinski definition) is 3. The van der Waals surface area contributed by atoms with Gasteiger partial charge in [0.05, 0.1) is 0 Å². The molecular formula is C16H21N3O3S. The summed E-state index contributed by atoms with van der Waals surface area (Å²) in [5.41, 5.74) is 1.01. The molecule has 7 heteroatoms. The molecule has 1 saturated carbocycles. The summed E-state index contributed by atoms with van der Waals surface area (Å²) in [6.07, 6.45) is 4.03. The number of nitrogens with one attached hydrogen (secondary N) is 1. The standard InChI is InChI=1S/C16H21N3O3S/c1-18(12-6-2-3-7-12)23(21,22)19-10-16(11-19)13-8-4-5-9-14(13)17-15(16)20/h4-5,8-9,12H,2-3,6-7,10-11H2,1H3,(H,17,20). The SMILES string of the molecule is CN(C1CCCC1)S(=O)(=O)N1CC2(C1)C(=O)Nc1ccccc12. The number of benzene rings is 1. The number of carbonyl (C=O) groups is 1. The van der Waals surface area contributed by atoms with Gasteiger partial charge in [0.1, 0.15) is 5.41 Å². The Morgan fingerprint density at radius 3 is 2.57 bits per heavy atom. The van der Waals surface area contributed by atoms with Crippen molar-refractivity contribution in [3.63, 3.8) is 0 Å². The molecule has 3 aliphatic rings. The fourth-order valence-electron chi connectivity index (χ4n) is 4.04. The molecule has 1 aliphatic carbocycles. The van der Waals surface area contributed by atoms with E-state index in [-0.39, 0.29) is 25.0 Å². The Labute approximate surface area is 136 Å². The van der Waals surface area contributed by atoms with E-state index in [4.69, 9.17) is 0 Å². The van der Waals surface area contributed by atoms with Gasteiger partial charge in [-0.05, 0) is 24.5 Å². The minimum Gasteiger partial charge on any atom is -0.325 e. The van der Waals surface area contributed by atoms with Crippen LogP contribution in [0.3, 0.4) is 0 Å². The maximum absolute atomic E-state index is 12.8. The van der Waals surface area contributed by atoms with E-state index in [0.29, 0.717) is 0 Å². The Balaban J connectivity index is 1.56. The molecule has 0 aromatic heterocycles. The molecule has 2 fully saturated rings. The van der Waals surface area contributed by atoms with E-state index in [2.05, 4.69) is 5.32 Å². The molecule has 2 aliphatic heterocycles. The second kappa shape index (κ2) is 5.03. The lowest BCUT2D eigenvalue weighted by Gasteiger charge is -2.46. The van der Waals surface area contributed by atoms with Crippen LogP contribution in [0.5, 0.6) is 0 Å². The van der Waals surface area contributed by atoms with Gasteiger partial charge in [-0.3, -0.25) is 4.79 Å². The molecule has 2 heterocycles. The first-order valence-corrected chi connectivity index (χ1v) is 9.49. The zero-order valence-corrected chi connectivity index (χ0v) is 14.0. The van der Waals surface area contributed by atoms with Crippen LogP contribution in [-0.2, 0) is 20.4 Å². The normalized spacial score (nSPS) is 24.0. The van der Waals surface area contributed by atoms with Crippen molar-refractivity contribution in [3.8, 4) is 0 Å². The summed E-state index contributed by atoms with van der Waals surface area (Å²) < 4.78 is 28.5. The van der Waals surface area contributed by atoms with E-state index in [1.165, 1.54) is 8.61 Å². The average Bonchev–Trinajstić information content (AvgIpc) is 3.09. The van der Waals surface area contributed by atoms with Gasteiger partial charge in [-0.1, -0.05) is 31.0 Å². The summed E-state index contributed by atoms with van der Waals surface area (Å²) >= 11 is 0. The molecule has 1 aromatic rings. The van der Waals surface area contributed by atoms with Crippen LogP contribution in [0.2, 0.25) is 0 Å². The second-order valence-electron chi connectivity index (χ2n) is 6.81. The van der Waals surface area contributed by atoms with Gasteiger partial charge >= 0.3 is 0 Å². The van der Waals surface area contributed by atoms with E-state index in [9.17, 15) is 13.2 Å². The van der Waals surface area contributed by atoms with Gasteiger partial charge in [-0.15, -0.1) is 0 Å². The third-order valence-electron chi connectivity index (χ3n) is 5.55. The van der Waals surface area contributed by atoms with E-state index in [1.807, 2.05) is 24.3 Å². The molecule has 6 nitrogen and oxygen atoms in total. The van der Waals surface area contributed by atoms with Crippen molar-refractivity contribution in [3.05, 3.63) is 29.8 Å². The lowest BCUT2D eigenvalue weighted by atomic mass is 9.76. The van der Waals surface area contributed by atoms with Gasteiger partial charge in [-0.2, -0.15) is 17.0 Å². The third kappa shape index (κ3) is 2.07. The average molecular weight is 335 g/mol. The van der Waals surface area contributed by atoms with Crippen LogP contribution in [0, 0.1) is 0 Å². The summed E-state index contributed by atoms with van der Waals surface area (Å²) in [4.78, 5) is 12.4. The van der Waals surface area contributed by atoms with E-state index < -0.39 is 15.6 Å². The lowest BCUT2D eigenvalue weighted by molar-refractivity contribution is -0.124. The Kier molecular flexibility index (Phi) is 3.30. The van der Waals surface area contributed by atoms with Crippen LogP contribution in [0.25, 0.3) is 0 Å². The number of hydrogen-bond donors (Lipinski definition) is 1. The Bertz CT molecular complexity index is 750. The zero-order chi connectivity index (χ0) is 16.2. The van der Waals surface area contributed by atoms with Gasteiger partial charge in [0.2, 0.25) is 5.91 Å². The summed E-state index contributed by atoms with van der Waals surface area (Å²) in [7, 11) is -1.82. The first kappa shape index (κ1) is 15.1. The maximum atomic E-state index is 12.8. The molecule has 23 heavy (non-hydrogen) atoms. The molecule has 1 spiro atoms. The van der Waals surface area contributed by atoms with Crippen molar-refractivity contribution in [2.75, 3.05) is 25.5 Å². The summed E-state index contributed by atoms with van der Waals surface area (Å²) in [5, 5.41) is 2.87. The number of fused-ring (bicyclic) bond motifs is 2. The second-order valence-corrected chi connectivity index (χ2v) is 8.80. The zero-order valence-electron chi connectivity index (χ0n) is 13.2. The Morgan fingerprint density at radius 1 is 1.22 bits per heavy atom.